The SMILES string of the molecule is CCNS(=O)(=O)c1ccc(OCC(C)(N)CC)cc1. The summed E-state index contributed by atoms with van der Waals surface area (Å²) in [6.45, 7) is 6.40. The maximum Gasteiger partial charge on any atom is 0.240 e. The molecule has 1 atom stereocenters. The predicted octanol–water partition coefficient (Wildman–Crippen LogP) is 1.49. The molecule has 1 unspecified atom stereocenters. The zero-order valence-electron chi connectivity index (χ0n) is 11.6. The van der Waals surface area contributed by atoms with Gasteiger partial charge in [0.05, 0.1) is 4.90 Å². The van der Waals surface area contributed by atoms with Crippen LogP contribution >= 0.6 is 0 Å². The van der Waals surface area contributed by atoms with Crippen molar-refractivity contribution in [3.8, 4) is 5.75 Å². The lowest BCUT2D eigenvalue weighted by Crippen LogP contribution is -2.41. The highest BCUT2D eigenvalue weighted by atomic mass is 32.2. The summed E-state index contributed by atoms with van der Waals surface area (Å²) in [5, 5.41) is 0. The fourth-order valence-electron chi connectivity index (χ4n) is 1.34. The summed E-state index contributed by atoms with van der Waals surface area (Å²) in [7, 11) is -3.41. The number of sulfonamides is 1. The van der Waals surface area contributed by atoms with E-state index < -0.39 is 10.0 Å². The molecular formula is C13H22N2O3S. The van der Waals surface area contributed by atoms with E-state index in [2.05, 4.69) is 4.72 Å². The molecule has 3 N–H and O–H groups in total. The molecule has 19 heavy (non-hydrogen) atoms. The van der Waals surface area contributed by atoms with E-state index in [1.165, 1.54) is 12.1 Å². The average molecular weight is 286 g/mol. The van der Waals surface area contributed by atoms with Crippen molar-refractivity contribution in [1.29, 1.82) is 0 Å². The largest absolute Gasteiger partial charge is 0.492 e. The first-order valence-electron chi connectivity index (χ1n) is 6.32. The van der Waals surface area contributed by atoms with Crippen LogP contribution in [0.4, 0.5) is 0 Å². The molecule has 1 rings (SSSR count). The number of hydrogen-bond acceptors (Lipinski definition) is 4. The Balaban J connectivity index is 2.72. The van der Waals surface area contributed by atoms with E-state index in [4.69, 9.17) is 10.5 Å². The Bertz CT molecular complexity index is 495. The van der Waals surface area contributed by atoms with Crippen molar-refractivity contribution in [2.45, 2.75) is 37.6 Å². The maximum atomic E-state index is 11.7. The maximum absolute atomic E-state index is 11.7. The third-order valence-corrected chi connectivity index (χ3v) is 4.41. The second-order valence-electron chi connectivity index (χ2n) is 4.77. The molecule has 0 heterocycles. The molecule has 0 radical (unpaired) electrons. The highest BCUT2D eigenvalue weighted by Gasteiger charge is 2.17. The third kappa shape index (κ3) is 4.81. The minimum absolute atomic E-state index is 0.229. The highest BCUT2D eigenvalue weighted by Crippen LogP contribution is 2.17. The smallest absolute Gasteiger partial charge is 0.240 e. The van der Waals surface area contributed by atoms with E-state index in [9.17, 15) is 8.42 Å². The fourth-order valence-corrected chi connectivity index (χ4v) is 2.38. The minimum Gasteiger partial charge on any atom is -0.492 e. The van der Waals surface area contributed by atoms with Crippen LogP contribution in [0, 0.1) is 0 Å². The second kappa shape index (κ2) is 6.36. The summed E-state index contributed by atoms with van der Waals surface area (Å²) in [5.74, 6) is 0.612. The van der Waals surface area contributed by atoms with Gasteiger partial charge >= 0.3 is 0 Å². The van der Waals surface area contributed by atoms with Gasteiger partial charge in [-0.1, -0.05) is 13.8 Å². The molecule has 0 amide bonds. The first-order valence-corrected chi connectivity index (χ1v) is 7.80. The van der Waals surface area contributed by atoms with Crippen LogP contribution in [0.3, 0.4) is 0 Å². The molecule has 0 bridgehead atoms. The summed E-state index contributed by atoms with van der Waals surface area (Å²) in [6, 6.07) is 6.31. The molecule has 0 saturated carbocycles. The van der Waals surface area contributed by atoms with E-state index >= 15 is 0 Å². The van der Waals surface area contributed by atoms with Gasteiger partial charge < -0.3 is 10.5 Å². The van der Waals surface area contributed by atoms with Crippen molar-refractivity contribution < 1.29 is 13.2 Å². The van der Waals surface area contributed by atoms with Gasteiger partial charge in [0.25, 0.3) is 0 Å². The van der Waals surface area contributed by atoms with Crippen molar-refractivity contribution in [3.05, 3.63) is 24.3 Å². The van der Waals surface area contributed by atoms with Crippen LogP contribution in [0.2, 0.25) is 0 Å². The topological polar surface area (TPSA) is 81.4 Å². The van der Waals surface area contributed by atoms with Crippen molar-refractivity contribution in [1.82, 2.24) is 4.72 Å². The first kappa shape index (κ1) is 15.9. The predicted molar refractivity (Wildman–Crippen MR) is 75.7 cm³/mol. The summed E-state index contributed by atoms with van der Waals surface area (Å²) < 4.78 is 31.5. The molecule has 0 aromatic heterocycles. The summed E-state index contributed by atoms with van der Waals surface area (Å²) in [6.07, 6.45) is 0.805. The van der Waals surface area contributed by atoms with Gasteiger partial charge in [0.15, 0.2) is 0 Å². The van der Waals surface area contributed by atoms with Gasteiger partial charge in [0, 0.05) is 12.1 Å². The van der Waals surface area contributed by atoms with Gasteiger partial charge in [0.2, 0.25) is 10.0 Å². The van der Waals surface area contributed by atoms with Crippen LogP contribution in [0.5, 0.6) is 5.75 Å². The van der Waals surface area contributed by atoms with E-state index in [1.54, 1.807) is 19.1 Å². The zero-order chi connectivity index (χ0) is 14.5. The van der Waals surface area contributed by atoms with E-state index in [-0.39, 0.29) is 10.4 Å². The van der Waals surface area contributed by atoms with Crippen LogP contribution in [0.25, 0.3) is 0 Å². The first-order chi connectivity index (χ1) is 8.80. The Kier molecular flexibility index (Phi) is 5.34. The van der Waals surface area contributed by atoms with Gasteiger partial charge in [-0.05, 0) is 37.6 Å². The Morgan fingerprint density at radius 2 is 1.84 bits per heavy atom. The number of hydrogen-bond donors (Lipinski definition) is 2. The molecule has 0 aliphatic heterocycles. The monoisotopic (exact) mass is 286 g/mol. The van der Waals surface area contributed by atoms with Crippen LogP contribution < -0.4 is 15.2 Å². The molecule has 5 nitrogen and oxygen atoms in total. The molecule has 0 aliphatic rings. The van der Waals surface area contributed by atoms with Crippen molar-refractivity contribution >= 4 is 10.0 Å². The summed E-state index contributed by atoms with van der Waals surface area (Å²) >= 11 is 0. The van der Waals surface area contributed by atoms with Crippen LogP contribution in [-0.4, -0.2) is 27.1 Å². The van der Waals surface area contributed by atoms with Gasteiger partial charge in [-0.3, -0.25) is 0 Å². The molecule has 6 heteroatoms. The average Bonchev–Trinajstić information content (AvgIpc) is 2.37. The molecule has 1 aromatic carbocycles. The molecule has 0 aliphatic carbocycles. The Morgan fingerprint density at radius 3 is 2.32 bits per heavy atom. The van der Waals surface area contributed by atoms with E-state index in [1.807, 2.05) is 13.8 Å². The number of rotatable bonds is 7. The van der Waals surface area contributed by atoms with Gasteiger partial charge in [-0.2, -0.15) is 0 Å². The van der Waals surface area contributed by atoms with E-state index in [0.717, 1.165) is 6.42 Å². The third-order valence-electron chi connectivity index (χ3n) is 2.84. The number of nitrogens with one attached hydrogen (secondary N) is 1. The van der Waals surface area contributed by atoms with Crippen LogP contribution in [0.15, 0.2) is 29.2 Å². The minimum atomic E-state index is -3.41. The number of benzene rings is 1. The lowest BCUT2D eigenvalue weighted by molar-refractivity contribution is 0.226. The molecule has 108 valence electrons. The molecule has 0 spiro atoms. The fraction of sp³-hybridized carbons (Fsp3) is 0.538. The van der Waals surface area contributed by atoms with Gasteiger partial charge in [0.1, 0.15) is 12.4 Å². The molecule has 1 aromatic rings. The zero-order valence-corrected chi connectivity index (χ0v) is 12.5. The normalized spacial score (nSPS) is 14.9. The quantitative estimate of drug-likeness (QED) is 0.795. The number of nitrogens with two attached hydrogens (primary N) is 1. The Morgan fingerprint density at radius 1 is 1.26 bits per heavy atom. The van der Waals surface area contributed by atoms with Crippen LogP contribution in [-0.2, 0) is 10.0 Å². The number of ether oxygens (including phenoxy) is 1. The summed E-state index contributed by atoms with van der Waals surface area (Å²) in [4.78, 5) is 0.229. The standard InChI is InChI=1S/C13H22N2O3S/c1-4-13(3,14)10-18-11-6-8-12(9-7-11)19(16,17)15-5-2/h6-9,15H,4-5,10,14H2,1-3H3. The Hall–Kier alpha value is -1.11. The lowest BCUT2D eigenvalue weighted by atomic mass is 10.0. The van der Waals surface area contributed by atoms with Crippen molar-refractivity contribution in [3.63, 3.8) is 0 Å². The second-order valence-corrected chi connectivity index (χ2v) is 6.54. The molecular weight excluding hydrogens is 264 g/mol. The molecule has 0 fully saturated rings. The lowest BCUT2D eigenvalue weighted by Gasteiger charge is -2.22. The van der Waals surface area contributed by atoms with Gasteiger partial charge in [-0.15, -0.1) is 0 Å². The van der Waals surface area contributed by atoms with Crippen molar-refractivity contribution in [2.75, 3.05) is 13.2 Å². The van der Waals surface area contributed by atoms with Crippen molar-refractivity contribution in [2.24, 2.45) is 5.73 Å². The van der Waals surface area contributed by atoms with Crippen LogP contribution in [0.1, 0.15) is 27.2 Å². The highest BCUT2D eigenvalue weighted by molar-refractivity contribution is 7.89. The molecule has 0 saturated heterocycles. The van der Waals surface area contributed by atoms with Gasteiger partial charge in [-0.25, -0.2) is 13.1 Å². The summed E-state index contributed by atoms with van der Waals surface area (Å²) in [5.41, 5.74) is 5.59. The Labute approximate surface area is 115 Å². The van der Waals surface area contributed by atoms with E-state index in [0.29, 0.717) is 18.9 Å².